The van der Waals surface area contributed by atoms with Gasteiger partial charge in [0, 0.05) is 19.5 Å². The van der Waals surface area contributed by atoms with Gasteiger partial charge >= 0.3 is 0 Å². The Kier molecular flexibility index (Phi) is 6.92. The smallest absolute Gasteiger partial charge is 0.243 e. The first-order valence-electron chi connectivity index (χ1n) is 11.3. The second-order valence-electron chi connectivity index (χ2n) is 8.47. The Morgan fingerprint density at radius 1 is 0.938 bits per heavy atom. The van der Waals surface area contributed by atoms with E-state index >= 15 is 0 Å². The number of nitrogens with one attached hydrogen (secondary N) is 1. The first-order valence-corrected chi connectivity index (χ1v) is 12.8. The zero-order valence-electron chi connectivity index (χ0n) is 18.5. The third-order valence-electron chi connectivity index (χ3n) is 6.18. The lowest BCUT2D eigenvalue weighted by molar-refractivity contribution is -0.121. The largest absolute Gasteiger partial charge is 0.350 e. The molecule has 1 atom stereocenters. The van der Waals surface area contributed by atoms with Crippen LogP contribution in [0, 0.1) is 0 Å². The number of benzene rings is 3. The molecular weight excluding hydrogens is 420 g/mol. The molecule has 0 saturated carbocycles. The Balaban J connectivity index is 1.35. The number of aryl methyl sites for hydroxylation is 1. The number of hydrogen-bond donors (Lipinski definition) is 1. The highest BCUT2D eigenvalue weighted by Crippen LogP contribution is 2.24. The van der Waals surface area contributed by atoms with E-state index in [9.17, 15) is 13.2 Å². The molecule has 1 unspecified atom stereocenters. The van der Waals surface area contributed by atoms with Crippen LogP contribution in [0.25, 0.3) is 10.8 Å². The minimum Gasteiger partial charge on any atom is -0.350 e. The lowest BCUT2D eigenvalue weighted by Gasteiger charge is -2.25. The molecule has 4 rings (SSSR count). The maximum atomic E-state index is 12.8. The molecule has 0 aliphatic carbocycles. The van der Waals surface area contributed by atoms with Gasteiger partial charge in [-0.2, -0.15) is 4.31 Å². The Bertz CT molecular complexity index is 1180. The minimum absolute atomic E-state index is 0.0181. The normalized spacial score (nSPS) is 16.0. The number of nitrogens with zero attached hydrogens (tertiary/aromatic N) is 1. The van der Waals surface area contributed by atoms with Crippen LogP contribution >= 0.6 is 0 Å². The molecule has 1 aliphatic rings. The summed E-state index contributed by atoms with van der Waals surface area (Å²) in [6.07, 6.45) is 3.85. The van der Waals surface area contributed by atoms with Crippen LogP contribution in [-0.2, 0) is 21.2 Å². The Morgan fingerprint density at radius 3 is 2.38 bits per heavy atom. The van der Waals surface area contributed by atoms with Gasteiger partial charge in [-0.15, -0.1) is 0 Å². The molecule has 168 valence electrons. The molecule has 0 spiro atoms. The SMILES string of the molecule is CC(NC(=O)CCc1ccc(S(=O)(=O)N2CCCCC2)cc1)c1cccc2ccccc12. The second-order valence-corrected chi connectivity index (χ2v) is 10.4. The van der Waals surface area contributed by atoms with Gasteiger partial charge in [0.25, 0.3) is 0 Å². The van der Waals surface area contributed by atoms with Crippen molar-refractivity contribution < 1.29 is 13.2 Å². The lowest BCUT2D eigenvalue weighted by atomic mass is 9.99. The molecule has 5 nitrogen and oxygen atoms in total. The zero-order chi connectivity index (χ0) is 22.6. The summed E-state index contributed by atoms with van der Waals surface area (Å²) in [5.74, 6) is -0.0181. The average molecular weight is 451 g/mol. The fourth-order valence-corrected chi connectivity index (χ4v) is 5.88. The summed E-state index contributed by atoms with van der Waals surface area (Å²) in [6.45, 7) is 3.19. The van der Waals surface area contributed by atoms with E-state index in [4.69, 9.17) is 0 Å². The predicted octanol–water partition coefficient (Wildman–Crippen LogP) is 4.82. The molecule has 0 bridgehead atoms. The second kappa shape index (κ2) is 9.84. The first kappa shape index (κ1) is 22.5. The van der Waals surface area contributed by atoms with Crippen molar-refractivity contribution in [1.29, 1.82) is 0 Å². The van der Waals surface area contributed by atoms with Crippen LogP contribution in [0.2, 0.25) is 0 Å². The van der Waals surface area contributed by atoms with Crippen molar-refractivity contribution >= 4 is 26.7 Å². The van der Waals surface area contributed by atoms with Gasteiger partial charge in [-0.1, -0.05) is 61.0 Å². The van der Waals surface area contributed by atoms with E-state index in [0.717, 1.165) is 41.2 Å². The highest BCUT2D eigenvalue weighted by Gasteiger charge is 2.25. The maximum absolute atomic E-state index is 12.8. The van der Waals surface area contributed by atoms with Gasteiger partial charge in [0.2, 0.25) is 15.9 Å². The van der Waals surface area contributed by atoms with Gasteiger partial charge in [0.1, 0.15) is 0 Å². The van der Waals surface area contributed by atoms with Crippen molar-refractivity contribution in [3.8, 4) is 0 Å². The van der Waals surface area contributed by atoms with E-state index in [0.29, 0.717) is 30.8 Å². The standard InChI is InChI=1S/C26H30N2O3S/c1-20(24-11-7-9-22-8-3-4-10-25(22)24)27-26(29)17-14-21-12-15-23(16-13-21)32(30,31)28-18-5-2-6-19-28/h3-4,7-13,15-16,20H,2,5-6,14,17-19H2,1H3,(H,27,29). The number of carbonyl (C=O) groups is 1. The van der Waals surface area contributed by atoms with E-state index in [1.807, 2.05) is 37.3 Å². The van der Waals surface area contributed by atoms with Crippen LogP contribution in [-0.4, -0.2) is 31.7 Å². The summed E-state index contributed by atoms with van der Waals surface area (Å²) in [6, 6.07) is 21.2. The fourth-order valence-electron chi connectivity index (χ4n) is 4.36. The molecular formula is C26H30N2O3S. The molecule has 1 N–H and O–H groups in total. The van der Waals surface area contributed by atoms with Gasteiger partial charge in [-0.25, -0.2) is 8.42 Å². The van der Waals surface area contributed by atoms with Gasteiger partial charge in [0.05, 0.1) is 10.9 Å². The molecule has 1 fully saturated rings. The van der Waals surface area contributed by atoms with E-state index in [1.54, 1.807) is 16.4 Å². The van der Waals surface area contributed by atoms with Crippen molar-refractivity contribution in [2.45, 2.75) is 50.0 Å². The molecule has 32 heavy (non-hydrogen) atoms. The molecule has 0 aromatic heterocycles. The van der Waals surface area contributed by atoms with Crippen LogP contribution in [0.3, 0.4) is 0 Å². The van der Waals surface area contributed by atoms with E-state index < -0.39 is 10.0 Å². The highest BCUT2D eigenvalue weighted by atomic mass is 32.2. The third kappa shape index (κ3) is 5.03. The molecule has 1 saturated heterocycles. The van der Waals surface area contributed by atoms with Crippen LogP contribution in [0.15, 0.2) is 71.6 Å². The van der Waals surface area contributed by atoms with Crippen molar-refractivity contribution in [3.63, 3.8) is 0 Å². The minimum atomic E-state index is -3.42. The highest BCUT2D eigenvalue weighted by molar-refractivity contribution is 7.89. The Labute approximate surface area is 190 Å². The van der Waals surface area contributed by atoms with E-state index in [1.165, 1.54) is 0 Å². The summed E-state index contributed by atoms with van der Waals surface area (Å²) in [7, 11) is -3.42. The van der Waals surface area contributed by atoms with Crippen LogP contribution in [0.1, 0.15) is 49.8 Å². The van der Waals surface area contributed by atoms with Crippen LogP contribution in [0.5, 0.6) is 0 Å². The number of piperidine rings is 1. The number of rotatable bonds is 7. The van der Waals surface area contributed by atoms with Crippen LogP contribution in [0.4, 0.5) is 0 Å². The number of hydrogen-bond acceptors (Lipinski definition) is 3. The molecule has 0 radical (unpaired) electrons. The first-order chi connectivity index (χ1) is 15.4. The Morgan fingerprint density at radius 2 is 1.62 bits per heavy atom. The zero-order valence-corrected chi connectivity index (χ0v) is 19.3. The predicted molar refractivity (Wildman–Crippen MR) is 128 cm³/mol. The number of fused-ring (bicyclic) bond motifs is 1. The summed E-state index contributed by atoms with van der Waals surface area (Å²) in [5, 5.41) is 5.40. The van der Waals surface area contributed by atoms with Gasteiger partial charge < -0.3 is 5.32 Å². The number of sulfonamides is 1. The molecule has 1 heterocycles. The average Bonchev–Trinajstić information content (AvgIpc) is 2.83. The molecule has 1 amide bonds. The van der Waals surface area contributed by atoms with Crippen molar-refractivity contribution in [3.05, 3.63) is 77.9 Å². The fraction of sp³-hybridized carbons (Fsp3) is 0.346. The maximum Gasteiger partial charge on any atom is 0.243 e. The summed E-state index contributed by atoms with van der Waals surface area (Å²) in [5.41, 5.74) is 2.05. The van der Waals surface area contributed by atoms with Crippen molar-refractivity contribution in [2.75, 3.05) is 13.1 Å². The monoisotopic (exact) mass is 450 g/mol. The summed E-state index contributed by atoms with van der Waals surface area (Å²) < 4.78 is 27.1. The topological polar surface area (TPSA) is 66.5 Å². The van der Waals surface area contributed by atoms with E-state index in [-0.39, 0.29) is 11.9 Å². The van der Waals surface area contributed by atoms with Gasteiger partial charge in [-0.05, 0) is 60.2 Å². The molecule has 3 aromatic carbocycles. The summed E-state index contributed by atoms with van der Waals surface area (Å²) >= 11 is 0. The number of carbonyl (C=O) groups excluding carboxylic acids is 1. The number of amides is 1. The lowest BCUT2D eigenvalue weighted by Crippen LogP contribution is -2.35. The van der Waals surface area contributed by atoms with Gasteiger partial charge in [0.15, 0.2) is 0 Å². The van der Waals surface area contributed by atoms with Crippen molar-refractivity contribution in [2.24, 2.45) is 0 Å². The van der Waals surface area contributed by atoms with E-state index in [2.05, 4.69) is 29.6 Å². The van der Waals surface area contributed by atoms with Gasteiger partial charge in [-0.3, -0.25) is 4.79 Å². The summed E-state index contributed by atoms with van der Waals surface area (Å²) in [4.78, 5) is 12.9. The molecule has 3 aromatic rings. The Hall–Kier alpha value is -2.70. The van der Waals surface area contributed by atoms with Crippen LogP contribution < -0.4 is 5.32 Å². The molecule has 1 aliphatic heterocycles. The third-order valence-corrected chi connectivity index (χ3v) is 8.10. The van der Waals surface area contributed by atoms with Crippen molar-refractivity contribution in [1.82, 2.24) is 9.62 Å². The quantitative estimate of drug-likeness (QED) is 0.561. The molecule has 6 heteroatoms.